The number of hydrogen-bond acceptors (Lipinski definition) is 9. The number of nitrogens with one attached hydrogen (secondary N) is 1. The summed E-state index contributed by atoms with van der Waals surface area (Å²) in [5.41, 5.74) is -0.147. The van der Waals surface area contributed by atoms with Crippen LogP contribution in [0, 0.1) is 23.1 Å². The average molecular weight is 579 g/mol. The number of amides is 1. The maximum Gasteiger partial charge on any atom is 0.286 e. The molecule has 42 heavy (non-hydrogen) atoms. The predicted molar refractivity (Wildman–Crippen MR) is 153 cm³/mol. The van der Waals surface area contributed by atoms with Crippen molar-refractivity contribution < 1.29 is 23.5 Å². The zero-order valence-corrected chi connectivity index (χ0v) is 24.1. The second-order valence-electron chi connectivity index (χ2n) is 12.2. The van der Waals surface area contributed by atoms with Crippen LogP contribution < -0.4 is 10.1 Å². The van der Waals surface area contributed by atoms with Gasteiger partial charge in [-0.05, 0) is 69.8 Å². The summed E-state index contributed by atoms with van der Waals surface area (Å²) >= 11 is 0. The summed E-state index contributed by atoms with van der Waals surface area (Å²) in [6.45, 7) is 6.62. The van der Waals surface area contributed by atoms with Gasteiger partial charge < -0.3 is 24.6 Å². The highest BCUT2D eigenvalue weighted by molar-refractivity contribution is 5.96. The Labute approximate surface area is 246 Å². The number of hydrogen-bond donors (Lipinski definition) is 1. The molecule has 1 aromatic carbocycles. The first-order chi connectivity index (χ1) is 20.3. The molecular formula is C31H39FN6O4. The van der Waals surface area contributed by atoms with Crippen LogP contribution in [-0.4, -0.2) is 102 Å². The van der Waals surface area contributed by atoms with E-state index in [1.54, 1.807) is 11.0 Å². The summed E-state index contributed by atoms with van der Waals surface area (Å²) in [6.07, 6.45) is 5.74. The molecule has 6 atom stereocenters. The number of likely N-dealkylation sites (N-methyl/N-ethyl adjacent to an activating group) is 1. The van der Waals surface area contributed by atoms with E-state index in [0.29, 0.717) is 63.7 Å². The van der Waals surface area contributed by atoms with Gasteiger partial charge >= 0.3 is 0 Å². The van der Waals surface area contributed by atoms with Gasteiger partial charge in [0.25, 0.3) is 6.02 Å². The topological polar surface area (TPSA) is 110 Å². The van der Waals surface area contributed by atoms with Gasteiger partial charge in [0.05, 0.1) is 24.7 Å². The number of fused-ring (bicyclic) bond motifs is 2. The number of nitrogens with zero attached hydrogens (tertiary/aromatic N) is 5. The Kier molecular flexibility index (Phi) is 7.94. The van der Waals surface area contributed by atoms with Crippen molar-refractivity contribution in [3.8, 4) is 11.8 Å². The molecule has 1 amide bonds. The highest BCUT2D eigenvalue weighted by atomic mass is 19.1. The SMILES string of the molecule is C=CC(=O)N1CCN(C2NC(OCC3CCCN3C)=NC3C(=O)[C@]4(CCc5ccc(F)cc5O4)CCC32)CC1CC#N. The summed E-state index contributed by atoms with van der Waals surface area (Å²) in [7, 11) is 2.09. The lowest BCUT2D eigenvalue weighted by atomic mass is 9.69. The molecule has 4 aliphatic heterocycles. The van der Waals surface area contributed by atoms with Crippen LogP contribution in [0.2, 0.25) is 0 Å². The van der Waals surface area contributed by atoms with Gasteiger partial charge in [0.15, 0.2) is 5.60 Å². The highest BCUT2D eigenvalue weighted by Crippen LogP contribution is 2.44. The lowest BCUT2D eigenvalue weighted by Gasteiger charge is -2.51. The molecule has 5 aliphatic rings. The number of carbonyl (C=O) groups is 2. The fraction of sp³-hybridized carbons (Fsp3) is 0.613. The normalized spacial score (nSPS) is 33.1. The number of piperazine rings is 1. The fourth-order valence-corrected chi connectivity index (χ4v) is 7.43. The van der Waals surface area contributed by atoms with E-state index in [1.165, 1.54) is 18.2 Å². The predicted octanol–water partition coefficient (Wildman–Crippen LogP) is 2.25. The van der Waals surface area contributed by atoms with E-state index in [1.807, 2.05) is 0 Å². The minimum Gasteiger partial charge on any atom is -0.479 e. The van der Waals surface area contributed by atoms with Crippen LogP contribution >= 0.6 is 0 Å². The van der Waals surface area contributed by atoms with Gasteiger partial charge in [0.1, 0.15) is 24.2 Å². The first-order valence-corrected chi connectivity index (χ1v) is 15.0. The molecule has 1 aliphatic carbocycles. The molecule has 10 nitrogen and oxygen atoms in total. The highest BCUT2D eigenvalue weighted by Gasteiger charge is 2.56. The zero-order valence-electron chi connectivity index (χ0n) is 24.1. The number of ether oxygens (including phenoxy) is 2. The molecule has 1 saturated carbocycles. The van der Waals surface area contributed by atoms with Crippen molar-refractivity contribution >= 4 is 17.7 Å². The molecule has 4 heterocycles. The van der Waals surface area contributed by atoms with Crippen molar-refractivity contribution in [1.29, 1.82) is 5.26 Å². The molecule has 224 valence electrons. The van der Waals surface area contributed by atoms with Crippen molar-refractivity contribution in [2.24, 2.45) is 10.9 Å². The molecule has 1 N–H and O–H groups in total. The van der Waals surface area contributed by atoms with Crippen LogP contribution in [0.3, 0.4) is 0 Å². The smallest absolute Gasteiger partial charge is 0.286 e. The Hall–Kier alpha value is -3.49. The quantitative estimate of drug-likeness (QED) is 0.530. The molecule has 0 radical (unpaired) electrons. The van der Waals surface area contributed by atoms with Crippen LogP contribution in [0.1, 0.15) is 44.1 Å². The summed E-state index contributed by atoms with van der Waals surface area (Å²) in [6, 6.07) is 6.40. The number of aliphatic imine (C=N–C) groups is 1. The number of Topliss-reactive ketones (excluding diaryl/α,β-unsaturated/α-hetero) is 1. The van der Waals surface area contributed by atoms with Crippen molar-refractivity contribution in [3.63, 3.8) is 0 Å². The molecular weight excluding hydrogens is 539 g/mol. The summed E-state index contributed by atoms with van der Waals surface area (Å²) in [5.74, 6) is -0.373. The van der Waals surface area contributed by atoms with E-state index in [0.717, 1.165) is 24.9 Å². The van der Waals surface area contributed by atoms with Crippen LogP contribution in [0.15, 0.2) is 35.8 Å². The number of aryl methyl sites for hydroxylation is 1. The number of rotatable bonds is 5. The Morgan fingerprint density at radius 1 is 1.31 bits per heavy atom. The average Bonchev–Trinajstić information content (AvgIpc) is 3.41. The molecule has 0 aromatic heterocycles. The number of nitriles is 1. The molecule has 11 heteroatoms. The molecule has 5 unspecified atom stereocenters. The Balaban J connectivity index is 1.27. The van der Waals surface area contributed by atoms with Crippen molar-refractivity contribution in [3.05, 3.63) is 42.2 Å². The summed E-state index contributed by atoms with van der Waals surface area (Å²) in [4.78, 5) is 37.9. The Bertz CT molecular complexity index is 1310. The van der Waals surface area contributed by atoms with Crippen molar-refractivity contribution in [2.75, 3.05) is 39.8 Å². The van der Waals surface area contributed by atoms with Gasteiger partial charge in [0, 0.05) is 37.7 Å². The maximum atomic E-state index is 14.3. The third-order valence-corrected chi connectivity index (χ3v) is 9.85. The monoisotopic (exact) mass is 578 g/mol. The van der Waals surface area contributed by atoms with Gasteiger partial charge in [-0.1, -0.05) is 12.6 Å². The number of halogens is 1. The number of likely N-dealkylation sites (tertiary alicyclic amines) is 1. The van der Waals surface area contributed by atoms with Gasteiger partial charge in [0.2, 0.25) is 11.7 Å². The summed E-state index contributed by atoms with van der Waals surface area (Å²) in [5, 5.41) is 13.0. The summed E-state index contributed by atoms with van der Waals surface area (Å²) < 4.78 is 26.7. The molecule has 1 spiro atoms. The van der Waals surface area contributed by atoms with E-state index in [-0.39, 0.29) is 48.1 Å². The second kappa shape index (κ2) is 11.7. The molecule has 2 saturated heterocycles. The van der Waals surface area contributed by atoms with Crippen LogP contribution in [0.5, 0.6) is 5.75 Å². The second-order valence-corrected chi connectivity index (χ2v) is 12.2. The maximum absolute atomic E-state index is 14.3. The Morgan fingerprint density at radius 2 is 2.17 bits per heavy atom. The van der Waals surface area contributed by atoms with Gasteiger partial charge in [-0.3, -0.25) is 14.5 Å². The molecule has 0 bridgehead atoms. The number of carbonyl (C=O) groups excluding carboxylic acids is 2. The standard InChI is InChI=1S/C31H39FN6O4/c1-3-26(39)38-16-15-37(18-22(38)10-13-33)29-24-9-12-31(11-8-20-6-7-21(32)17-25(20)42-31)28(40)27(24)34-30(35-29)41-19-23-5-4-14-36(23)2/h3,6-7,17,22-24,27,29H,1,4-5,8-12,14-16,18-19H2,2H3,(H,34,35)/t22?,23?,24?,27?,29?,31-/m0/s1. The molecule has 6 rings (SSSR count). The number of ketones is 1. The van der Waals surface area contributed by atoms with Gasteiger partial charge in [-0.25, -0.2) is 9.38 Å². The van der Waals surface area contributed by atoms with Gasteiger partial charge in [-0.15, -0.1) is 0 Å². The lowest BCUT2D eigenvalue weighted by molar-refractivity contribution is -0.146. The first-order valence-electron chi connectivity index (χ1n) is 15.0. The van der Waals surface area contributed by atoms with Crippen LogP contribution in [-0.2, 0) is 20.7 Å². The van der Waals surface area contributed by atoms with E-state index in [4.69, 9.17) is 14.5 Å². The zero-order chi connectivity index (χ0) is 29.4. The largest absolute Gasteiger partial charge is 0.479 e. The van der Waals surface area contributed by atoms with Crippen molar-refractivity contribution in [1.82, 2.24) is 20.0 Å². The molecule has 1 aromatic rings. The van der Waals surface area contributed by atoms with E-state index >= 15 is 0 Å². The minimum absolute atomic E-state index is 0.0895. The van der Waals surface area contributed by atoms with Crippen LogP contribution in [0.25, 0.3) is 0 Å². The van der Waals surface area contributed by atoms with E-state index in [2.05, 4.69) is 34.8 Å². The Morgan fingerprint density at radius 3 is 2.93 bits per heavy atom. The van der Waals surface area contributed by atoms with E-state index in [9.17, 15) is 19.2 Å². The minimum atomic E-state index is -1.05. The van der Waals surface area contributed by atoms with Crippen molar-refractivity contribution in [2.45, 2.75) is 74.8 Å². The molecule has 3 fully saturated rings. The van der Waals surface area contributed by atoms with Crippen LogP contribution in [0.4, 0.5) is 4.39 Å². The lowest BCUT2D eigenvalue weighted by Crippen LogP contribution is -2.69. The number of amidine groups is 1. The third-order valence-electron chi connectivity index (χ3n) is 9.85. The first kappa shape index (κ1) is 28.6. The van der Waals surface area contributed by atoms with E-state index < -0.39 is 11.6 Å². The fourth-order valence-electron chi connectivity index (χ4n) is 7.43. The van der Waals surface area contributed by atoms with Gasteiger partial charge in [-0.2, -0.15) is 5.26 Å². The third kappa shape index (κ3) is 5.26. The number of benzene rings is 1.